The van der Waals surface area contributed by atoms with Gasteiger partial charge in [-0.15, -0.1) is 0 Å². The molecule has 1 aromatic rings. The van der Waals surface area contributed by atoms with E-state index in [0.29, 0.717) is 0 Å². The van der Waals surface area contributed by atoms with Crippen LogP contribution in [-0.4, -0.2) is 36.4 Å². The molecule has 0 aliphatic heterocycles. The van der Waals surface area contributed by atoms with Crippen molar-refractivity contribution in [2.24, 2.45) is 5.73 Å². The van der Waals surface area contributed by atoms with E-state index in [4.69, 9.17) is 10.8 Å². The number of hydrogen-bond acceptors (Lipinski definition) is 4. The van der Waals surface area contributed by atoms with E-state index < -0.39 is 23.9 Å². The Morgan fingerprint density at radius 3 is 2.65 bits per heavy atom. The first-order valence-corrected chi connectivity index (χ1v) is 5.40. The van der Waals surface area contributed by atoms with Crippen molar-refractivity contribution in [2.45, 2.75) is 0 Å². The number of ether oxygens (including phenoxy) is 1. The Hall–Kier alpha value is -2.84. The first kappa shape index (κ1) is 15.2. The van der Waals surface area contributed by atoms with E-state index >= 15 is 0 Å². The Balaban J connectivity index is 2.55. The Kier molecular flexibility index (Phi) is 5.27. The molecule has 1 rings (SSSR count). The van der Waals surface area contributed by atoms with Gasteiger partial charge in [0.15, 0.2) is 0 Å². The van der Waals surface area contributed by atoms with E-state index in [9.17, 15) is 18.8 Å². The van der Waals surface area contributed by atoms with Crippen LogP contribution in [-0.2, 0) is 4.74 Å². The van der Waals surface area contributed by atoms with Crippen LogP contribution in [0.25, 0.3) is 0 Å². The molecule has 108 valence electrons. The number of carbonyl (C=O) groups is 3. The van der Waals surface area contributed by atoms with Crippen molar-refractivity contribution in [1.82, 2.24) is 5.32 Å². The third-order valence-electron chi connectivity index (χ3n) is 2.09. The van der Waals surface area contributed by atoms with Crippen LogP contribution in [0.2, 0.25) is 0 Å². The van der Waals surface area contributed by atoms with Crippen LogP contribution in [0, 0.1) is 5.82 Å². The van der Waals surface area contributed by atoms with Crippen molar-refractivity contribution in [2.75, 3.05) is 18.5 Å². The zero-order chi connectivity index (χ0) is 15.1. The van der Waals surface area contributed by atoms with Crippen LogP contribution in [0.4, 0.5) is 19.7 Å². The molecule has 9 heteroatoms. The molecule has 1 aromatic carbocycles. The first-order valence-electron chi connectivity index (χ1n) is 5.40. The van der Waals surface area contributed by atoms with Gasteiger partial charge in [-0.1, -0.05) is 0 Å². The number of hydrogen-bond donors (Lipinski definition) is 4. The molecule has 8 nitrogen and oxygen atoms in total. The number of halogens is 1. The van der Waals surface area contributed by atoms with Gasteiger partial charge in [0, 0.05) is 0 Å². The first-order chi connectivity index (χ1) is 9.40. The number of benzene rings is 1. The lowest BCUT2D eigenvalue weighted by atomic mass is 10.2. The predicted molar refractivity (Wildman–Crippen MR) is 65.9 cm³/mol. The van der Waals surface area contributed by atoms with Crippen LogP contribution in [0.15, 0.2) is 18.2 Å². The summed E-state index contributed by atoms with van der Waals surface area (Å²) in [6.07, 6.45) is -0.979. The fourth-order valence-electron chi connectivity index (χ4n) is 1.24. The standard InChI is InChI=1S/C11H12FN3O5/c12-7-2-1-6(9(16)17)5-8(7)15-11(19)14-3-4-20-10(13)18/h1-2,5H,3-4H2,(H2,13,18)(H,16,17)(H2,14,15,19). The van der Waals surface area contributed by atoms with Gasteiger partial charge in [0.2, 0.25) is 0 Å². The molecule has 0 heterocycles. The molecule has 0 bridgehead atoms. The number of anilines is 1. The topological polar surface area (TPSA) is 131 Å². The Bertz CT molecular complexity index is 535. The number of nitrogens with two attached hydrogens (primary N) is 1. The monoisotopic (exact) mass is 285 g/mol. The molecular weight excluding hydrogens is 273 g/mol. The maximum absolute atomic E-state index is 13.4. The highest BCUT2D eigenvalue weighted by atomic mass is 19.1. The number of nitrogens with one attached hydrogen (secondary N) is 2. The van der Waals surface area contributed by atoms with Crippen molar-refractivity contribution >= 4 is 23.8 Å². The molecule has 0 fully saturated rings. The van der Waals surface area contributed by atoms with Crippen molar-refractivity contribution in [3.63, 3.8) is 0 Å². The third-order valence-corrected chi connectivity index (χ3v) is 2.09. The number of primary amides is 1. The molecule has 0 radical (unpaired) electrons. The van der Waals surface area contributed by atoms with Crippen LogP contribution in [0.1, 0.15) is 10.4 Å². The second-order valence-electron chi connectivity index (χ2n) is 3.55. The van der Waals surface area contributed by atoms with Gasteiger partial charge in [-0.05, 0) is 18.2 Å². The third kappa shape index (κ3) is 4.80. The molecule has 0 aliphatic carbocycles. The quantitative estimate of drug-likeness (QED) is 0.593. The second kappa shape index (κ2) is 6.92. The number of rotatable bonds is 5. The van der Waals surface area contributed by atoms with E-state index in [-0.39, 0.29) is 24.4 Å². The maximum atomic E-state index is 13.4. The molecule has 0 atom stereocenters. The smallest absolute Gasteiger partial charge is 0.404 e. The number of carboxylic acids is 1. The molecule has 0 unspecified atom stereocenters. The van der Waals surface area contributed by atoms with Crippen LogP contribution >= 0.6 is 0 Å². The lowest BCUT2D eigenvalue weighted by Crippen LogP contribution is -2.32. The minimum atomic E-state index is -1.25. The molecule has 0 saturated carbocycles. The summed E-state index contributed by atoms with van der Waals surface area (Å²) in [6, 6.07) is 2.20. The number of carbonyl (C=O) groups excluding carboxylic acids is 2. The molecule has 20 heavy (non-hydrogen) atoms. The lowest BCUT2D eigenvalue weighted by Gasteiger charge is -2.09. The summed E-state index contributed by atoms with van der Waals surface area (Å²) < 4.78 is 17.7. The zero-order valence-electron chi connectivity index (χ0n) is 10.2. The van der Waals surface area contributed by atoms with Crippen molar-refractivity contribution in [3.05, 3.63) is 29.6 Å². The van der Waals surface area contributed by atoms with Crippen LogP contribution in [0.3, 0.4) is 0 Å². The summed E-state index contributed by atoms with van der Waals surface area (Å²) in [5.74, 6) is -2.03. The van der Waals surface area contributed by atoms with E-state index in [2.05, 4.69) is 15.4 Å². The fourth-order valence-corrected chi connectivity index (χ4v) is 1.24. The average Bonchev–Trinajstić information content (AvgIpc) is 2.37. The molecule has 0 saturated heterocycles. The van der Waals surface area contributed by atoms with Crippen molar-refractivity contribution in [1.29, 1.82) is 0 Å². The second-order valence-corrected chi connectivity index (χ2v) is 3.55. The molecule has 0 aliphatic rings. The fraction of sp³-hybridized carbons (Fsp3) is 0.182. The molecule has 3 amide bonds. The highest BCUT2D eigenvalue weighted by Crippen LogP contribution is 2.16. The van der Waals surface area contributed by atoms with Crippen LogP contribution in [0.5, 0.6) is 0 Å². The number of urea groups is 1. The van der Waals surface area contributed by atoms with Crippen molar-refractivity contribution in [3.8, 4) is 0 Å². The Labute approximate surface area is 112 Å². The predicted octanol–water partition coefficient (Wildman–Crippen LogP) is 0.741. The average molecular weight is 285 g/mol. The summed E-state index contributed by atoms with van der Waals surface area (Å²) in [7, 11) is 0. The van der Waals surface area contributed by atoms with E-state index in [0.717, 1.165) is 18.2 Å². The summed E-state index contributed by atoms with van der Waals surface area (Å²) in [6.45, 7) is -0.171. The highest BCUT2D eigenvalue weighted by molar-refractivity contribution is 5.93. The highest BCUT2D eigenvalue weighted by Gasteiger charge is 2.10. The van der Waals surface area contributed by atoms with Gasteiger partial charge in [0.25, 0.3) is 0 Å². The summed E-state index contributed by atoms with van der Waals surface area (Å²) >= 11 is 0. The Morgan fingerprint density at radius 2 is 2.05 bits per heavy atom. The molecule has 5 N–H and O–H groups in total. The largest absolute Gasteiger partial charge is 0.478 e. The zero-order valence-corrected chi connectivity index (χ0v) is 10.2. The van der Waals surface area contributed by atoms with E-state index in [1.54, 1.807) is 0 Å². The SMILES string of the molecule is NC(=O)OCCNC(=O)Nc1cc(C(=O)O)ccc1F. The number of carboxylic acid groups (broad SMARTS) is 1. The van der Waals surface area contributed by atoms with Gasteiger partial charge in [0.05, 0.1) is 17.8 Å². The minimum absolute atomic E-state index is 0.0327. The molecular formula is C11H12FN3O5. The maximum Gasteiger partial charge on any atom is 0.404 e. The van der Waals surface area contributed by atoms with Gasteiger partial charge in [-0.3, -0.25) is 0 Å². The van der Waals surface area contributed by atoms with E-state index in [1.165, 1.54) is 0 Å². The van der Waals surface area contributed by atoms with Crippen molar-refractivity contribution < 1.29 is 28.6 Å². The van der Waals surface area contributed by atoms with Gasteiger partial charge < -0.3 is 26.2 Å². The summed E-state index contributed by atoms with van der Waals surface area (Å²) in [5, 5.41) is 13.1. The number of aromatic carboxylic acids is 1. The van der Waals surface area contributed by atoms with Gasteiger partial charge in [-0.2, -0.15) is 0 Å². The Morgan fingerprint density at radius 1 is 1.35 bits per heavy atom. The summed E-state index contributed by atoms with van der Waals surface area (Å²) in [5.41, 5.74) is 4.26. The van der Waals surface area contributed by atoms with Gasteiger partial charge >= 0.3 is 18.1 Å². The molecule has 0 spiro atoms. The molecule has 0 aromatic heterocycles. The summed E-state index contributed by atoms with van der Waals surface area (Å²) in [4.78, 5) is 32.3. The normalized spacial score (nSPS) is 9.65. The lowest BCUT2D eigenvalue weighted by molar-refractivity contribution is 0.0696. The number of amides is 3. The van der Waals surface area contributed by atoms with Gasteiger partial charge in [-0.25, -0.2) is 18.8 Å². The minimum Gasteiger partial charge on any atom is -0.478 e. The van der Waals surface area contributed by atoms with Crippen LogP contribution < -0.4 is 16.4 Å². The van der Waals surface area contributed by atoms with Gasteiger partial charge in [0.1, 0.15) is 12.4 Å². The van der Waals surface area contributed by atoms with E-state index in [1.807, 2.05) is 0 Å².